The highest BCUT2D eigenvalue weighted by molar-refractivity contribution is 5.82. The summed E-state index contributed by atoms with van der Waals surface area (Å²) in [5.74, 6) is 1.91. The maximum absolute atomic E-state index is 5.06. The molecule has 1 saturated heterocycles. The van der Waals surface area contributed by atoms with Gasteiger partial charge in [0.05, 0.1) is 11.9 Å². The van der Waals surface area contributed by atoms with Crippen LogP contribution in [0.15, 0.2) is 35.3 Å². The van der Waals surface area contributed by atoms with Gasteiger partial charge in [-0.15, -0.1) is 0 Å². The average molecular weight is 256 g/mol. The Balaban J connectivity index is 1.74. The van der Waals surface area contributed by atoms with Crippen LogP contribution in [0.5, 0.6) is 0 Å². The number of hydrogen-bond donors (Lipinski definition) is 1. The number of aliphatic imine (C=N–C) groups is 1. The molecular weight excluding hydrogens is 232 g/mol. The summed E-state index contributed by atoms with van der Waals surface area (Å²) in [6.45, 7) is 1.11. The molecule has 1 N–H and O–H groups in total. The molecule has 2 heteroatoms. The largest absolute Gasteiger partial charge is 0.374 e. The van der Waals surface area contributed by atoms with Crippen LogP contribution in [-0.4, -0.2) is 18.4 Å². The molecule has 0 spiro atoms. The first-order chi connectivity index (χ1) is 9.43. The molecule has 3 rings (SSSR count). The second kappa shape index (κ2) is 6.23. The molecule has 0 radical (unpaired) electrons. The minimum absolute atomic E-state index is 0.503. The van der Waals surface area contributed by atoms with E-state index < -0.39 is 0 Å². The van der Waals surface area contributed by atoms with Crippen molar-refractivity contribution in [3.8, 4) is 0 Å². The Morgan fingerprint density at radius 1 is 0.947 bits per heavy atom. The van der Waals surface area contributed by atoms with Crippen molar-refractivity contribution in [3.05, 3.63) is 35.9 Å². The van der Waals surface area contributed by atoms with Gasteiger partial charge in [-0.2, -0.15) is 0 Å². The fraction of sp³-hybridized carbons (Fsp3) is 0.588. The van der Waals surface area contributed by atoms with E-state index in [0.29, 0.717) is 12.0 Å². The van der Waals surface area contributed by atoms with Gasteiger partial charge < -0.3 is 5.32 Å². The summed E-state index contributed by atoms with van der Waals surface area (Å²) < 4.78 is 0. The molecule has 1 aromatic carbocycles. The maximum Gasteiger partial charge on any atom is 0.0966 e. The van der Waals surface area contributed by atoms with Crippen LogP contribution in [-0.2, 0) is 0 Å². The van der Waals surface area contributed by atoms with Gasteiger partial charge in [-0.3, -0.25) is 4.99 Å². The molecule has 1 saturated carbocycles. The molecule has 2 aliphatic rings. The molecule has 0 unspecified atom stereocenters. The lowest BCUT2D eigenvalue weighted by atomic mass is 9.94. The Morgan fingerprint density at radius 3 is 2.74 bits per heavy atom. The molecule has 1 aliphatic heterocycles. The fourth-order valence-corrected chi connectivity index (χ4v) is 3.41. The molecule has 2 atom stereocenters. The molecule has 2 fully saturated rings. The van der Waals surface area contributed by atoms with Crippen LogP contribution in [0.25, 0.3) is 0 Å². The molecule has 0 aromatic heterocycles. The normalized spacial score (nSPS) is 30.0. The van der Waals surface area contributed by atoms with Gasteiger partial charge in [0, 0.05) is 18.9 Å². The molecule has 1 heterocycles. The lowest BCUT2D eigenvalue weighted by molar-refractivity contribution is 0.610. The SMILES string of the molecule is c1ccc([C@H]2CCC[C@H]2N=C2CCCCCN2)cc1. The van der Waals surface area contributed by atoms with Crippen LogP contribution < -0.4 is 5.32 Å². The molecule has 19 heavy (non-hydrogen) atoms. The summed E-state index contributed by atoms with van der Waals surface area (Å²) in [7, 11) is 0. The van der Waals surface area contributed by atoms with Gasteiger partial charge in [-0.25, -0.2) is 0 Å². The summed E-state index contributed by atoms with van der Waals surface area (Å²) in [5.41, 5.74) is 1.47. The van der Waals surface area contributed by atoms with Crippen molar-refractivity contribution in [1.29, 1.82) is 0 Å². The molecular formula is C17H24N2. The van der Waals surface area contributed by atoms with E-state index in [2.05, 4.69) is 35.6 Å². The molecule has 0 amide bonds. The van der Waals surface area contributed by atoms with Gasteiger partial charge in [0.25, 0.3) is 0 Å². The highest BCUT2D eigenvalue weighted by Crippen LogP contribution is 2.36. The summed E-state index contributed by atoms with van der Waals surface area (Å²) in [6, 6.07) is 11.5. The van der Waals surface area contributed by atoms with Crippen molar-refractivity contribution < 1.29 is 0 Å². The van der Waals surface area contributed by atoms with Crippen molar-refractivity contribution in [2.45, 2.75) is 56.9 Å². The van der Waals surface area contributed by atoms with Gasteiger partial charge in [0.15, 0.2) is 0 Å². The summed E-state index contributed by atoms with van der Waals surface area (Å²) >= 11 is 0. The van der Waals surface area contributed by atoms with Gasteiger partial charge in [0.1, 0.15) is 0 Å². The number of nitrogens with zero attached hydrogens (tertiary/aromatic N) is 1. The predicted octanol–water partition coefficient (Wildman–Crippen LogP) is 3.88. The molecule has 0 bridgehead atoms. The van der Waals surface area contributed by atoms with Crippen molar-refractivity contribution in [2.24, 2.45) is 4.99 Å². The van der Waals surface area contributed by atoms with Gasteiger partial charge >= 0.3 is 0 Å². The van der Waals surface area contributed by atoms with E-state index in [1.54, 1.807) is 0 Å². The number of benzene rings is 1. The van der Waals surface area contributed by atoms with Crippen molar-refractivity contribution in [2.75, 3.05) is 6.54 Å². The van der Waals surface area contributed by atoms with Crippen LogP contribution in [0.4, 0.5) is 0 Å². The van der Waals surface area contributed by atoms with E-state index in [1.165, 1.54) is 49.9 Å². The van der Waals surface area contributed by atoms with Crippen molar-refractivity contribution >= 4 is 5.84 Å². The third kappa shape index (κ3) is 3.17. The van der Waals surface area contributed by atoms with E-state index in [4.69, 9.17) is 4.99 Å². The zero-order valence-electron chi connectivity index (χ0n) is 11.6. The lowest BCUT2D eigenvalue weighted by Crippen LogP contribution is -2.25. The zero-order chi connectivity index (χ0) is 12.9. The first kappa shape index (κ1) is 12.7. The Labute approximate surface area is 116 Å². The number of hydrogen-bond acceptors (Lipinski definition) is 1. The molecule has 1 aromatic rings. The first-order valence-electron chi connectivity index (χ1n) is 7.79. The van der Waals surface area contributed by atoms with Crippen molar-refractivity contribution in [3.63, 3.8) is 0 Å². The second-order valence-corrected chi connectivity index (χ2v) is 5.83. The molecule has 1 aliphatic carbocycles. The van der Waals surface area contributed by atoms with Gasteiger partial charge in [-0.05, 0) is 31.2 Å². The smallest absolute Gasteiger partial charge is 0.0966 e. The van der Waals surface area contributed by atoms with Crippen LogP contribution in [0.1, 0.15) is 56.4 Å². The summed E-state index contributed by atoms with van der Waals surface area (Å²) in [4.78, 5) is 5.06. The van der Waals surface area contributed by atoms with Gasteiger partial charge in [-0.1, -0.05) is 43.2 Å². The van der Waals surface area contributed by atoms with Crippen LogP contribution >= 0.6 is 0 Å². The number of nitrogens with one attached hydrogen (secondary N) is 1. The predicted molar refractivity (Wildman–Crippen MR) is 80.7 cm³/mol. The summed E-state index contributed by atoms with van der Waals surface area (Å²) in [6.07, 6.45) is 8.97. The Hall–Kier alpha value is -1.31. The first-order valence-corrected chi connectivity index (χ1v) is 7.79. The monoisotopic (exact) mass is 256 g/mol. The quantitative estimate of drug-likeness (QED) is 0.853. The fourth-order valence-electron chi connectivity index (χ4n) is 3.41. The third-order valence-electron chi connectivity index (χ3n) is 4.45. The Bertz CT molecular complexity index is 414. The third-order valence-corrected chi connectivity index (χ3v) is 4.45. The second-order valence-electron chi connectivity index (χ2n) is 5.83. The van der Waals surface area contributed by atoms with E-state index >= 15 is 0 Å². The Kier molecular flexibility index (Phi) is 4.16. The average Bonchev–Trinajstić information content (AvgIpc) is 2.75. The summed E-state index contributed by atoms with van der Waals surface area (Å²) in [5, 5.41) is 3.53. The topological polar surface area (TPSA) is 24.4 Å². The van der Waals surface area contributed by atoms with Crippen molar-refractivity contribution in [1.82, 2.24) is 5.32 Å². The highest BCUT2D eigenvalue weighted by atomic mass is 15.0. The minimum Gasteiger partial charge on any atom is -0.374 e. The zero-order valence-corrected chi connectivity index (χ0v) is 11.6. The highest BCUT2D eigenvalue weighted by Gasteiger charge is 2.28. The van der Waals surface area contributed by atoms with E-state index in [1.807, 2.05) is 0 Å². The number of rotatable bonds is 2. The van der Waals surface area contributed by atoms with Crippen LogP contribution in [0, 0.1) is 0 Å². The lowest BCUT2D eigenvalue weighted by Gasteiger charge is -2.18. The van der Waals surface area contributed by atoms with Crippen LogP contribution in [0.2, 0.25) is 0 Å². The van der Waals surface area contributed by atoms with E-state index in [9.17, 15) is 0 Å². The molecule has 102 valence electrons. The van der Waals surface area contributed by atoms with Crippen LogP contribution in [0.3, 0.4) is 0 Å². The minimum atomic E-state index is 0.503. The van der Waals surface area contributed by atoms with E-state index in [-0.39, 0.29) is 0 Å². The Morgan fingerprint density at radius 2 is 1.84 bits per heavy atom. The van der Waals surface area contributed by atoms with Gasteiger partial charge in [0.2, 0.25) is 0 Å². The number of amidine groups is 1. The van der Waals surface area contributed by atoms with E-state index in [0.717, 1.165) is 13.0 Å². The maximum atomic E-state index is 5.06. The molecule has 2 nitrogen and oxygen atoms in total. The standard InChI is InChI=1S/C17H24N2/c1-3-8-14(9-4-1)15-10-7-11-16(15)19-17-12-5-2-6-13-18-17/h1,3-4,8-9,15-16H,2,5-7,10-13H2,(H,18,19)/t15-,16-/m1/s1.